The smallest absolute Gasteiger partial charge is 0.326 e. The number of hydrogen-bond donors (Lipinski definition) is 2. The molecule has 1 rings (SSSR count). The quantitative estimate of drug-likeness (QED) is 0.605. The van der Waals surface area contributed by atoms with Gasteiger partial charge in [0.05, 0.1) is 4.92 Å². The standard InChI is InChI=1S/C11H14N2O4/c1-7(2)10(11(14)15)12-8-5-3-4-6-9(8)13(16)17/h3-7,10,12H,1-2H3,(H,14,15)/t10-/m1/s1. The largest absolute Gasteiger partial charge is 0.480 e. The highest BCUT2D eigenvalue weighted by Crippen LogP contribution is 2.25. The van der Waals surface area contributed by atoms with Crippen LogP contribution >= 0.6 is 0 Å². The highest BCUT2D eigenvalue weighted by Gasteiger charge is 2.24. The van der Waals surface area contributed by atoms with Crippen molar-refractivity contribution in [3.63, 3.8) is 0 Å². The third kappa shape index (κ3) is 3.17. The van der Waals surface area contributed by atoms with Crippen LogP contribution in [0.15, 0.2) is 24.3 Å². The van der Waals surface area contributed by atoms with Crippen molar-refractivity contribution in [1.82, 2.24) is 0 Å². The van der Waals surface area contributed by atoms with E-state index in [1.165, 1.54) is 18.2 Å². The number of carboxylic acid groups (broad SMARTS) is 1. The van der Waals surface area contributed by atoms with Crippen LogP contribution < -0.4 is 5.32 Å². The van der Waals surface area contributed by atoms with Gasteiger partial charge in [-0.05, 0) is 12.0 Å². The number of aliphatic carboxylic acids is 1. The Morgan fingerprint density at radius 3 is 2.47 bits per heavy atom. The fourth-order valence-electron chi connectivity index (χ4n) is 1.44. The normalized spacial score (nSPS) is 12.2. The maximum atomic E-state index is 11.0. The molecular weight excluding hydrogens is 224 g/mol. The van der Waals surface area contributed by atoms with Crippen molar-refractivity contribution < 1.29 is 14.8 Å². The SMILES string of the molecule is CC(C)[C@@H](Nc1ccccc1[N+](=O)[O-])C(=O)O. The molecule has 0 unspecified atom stereocenters. The number of nitrogens with zero attached hydrogens (tertiary/aromatic N) is 1. The maximum absolute atomic E-state index is 11.0. The minimum atomic E-state index is -1.03. The number of nitro groups is 1. The predicted octanol–water partition coefficient (Wildman–Crippen LogP) is 2.12. The Morgan fingerprint density at radius 1 is 1.41 bits per heavy atom. The van der Waals surface area contributed by atoms with Gasteiger partial charge in [0.2, 0.25) is 0 Å². The van der Waals surface area contributed by atoms with E-state index in [2.05, 4.69) is 5.32 Å². The second-order valence-corrected chi connectivity index (χ2v) is 3.98. The highest BCUT2D eigenvalue weighted by molar-refractivity contribution is 5.79. The Bertz CT molecular complexity index is 431. The molecule has 0 aliphatic rings. The summed E-state index contributed by atoms with van der Waals surface area (Å²) in [6.45, 7) is 3.47. The molecule has 0 aliphatic carbocycles. The topological polar surface area (TPSA) is 92.5 Å². The van der Waals surface area contributed by atoms with E-state index in [1.54, 1.807) is 19.9 Å². The number of para-hydroxylation sites is 2. The Kier molecular flexibility index (Phi) is 4.03. The van der Waals surface area contributed by atoms with Gasteiger partial charge in [0.25, 0.3) is 5.69 Å². The van der Waals surface area contributed by atoms with Gasteiger partial charge in [-0.25, -0.2) is 4.79 Å². The molecular formula is C11H14N2O4. The number of benzene rings is 1. The molecule has 0 amide bonds. The monoisotopic (exact) mass is 238 g/mol. The number of nitro benzene ring substituents is 1. The summed E-state index contributed by atoms with van der Waals surface area (Å²) in [4.78, 5) is 21.2. The van der Waals surface area contributed by atoms with Crippen LogP contribution in [0.5, 0.6) is 0 Å². The van der Waals surface area contributed by atoms with E-state index < -0.39 is 16.9 Å². The molecule has 92 valence electrons. The predicted molar refractivity (Wildman–Crippen MR) is 63.0 cm³/mol. The zero-order valence-electron chi connectivity index (χ0n) is 9.58. The molecule has 1 aromatic rings. The van der Waals surface area contributed by atoms with Gasteiger partial charge in [0.15, 0.2) is 0 Å². The number of carboxylic acids is 1. The Morgan fingerprint density at radius 2 is 2.00 bits per heavy atom. The lowest BCUT2D eigenvalue weighted by molar-refractivity contribution is -0.384. The second kappa shape index (κ2) is 5.29. The zero-order valence-corrected chi connectivity index (χ0v) is 9.58. The number of carbonyl (C=O) groups is 1. The summed E-state index contributed by atoms with van der Waals surface area (Å²) >= 11 is 0. The third-order valence-electron chi connectivity index (χ3n) is 2.34. The van der Waals surface area contributed by atoms with Crippen molar-refractivity contribution in [3.05, 3.63) is 34.4 Å². The molecule has 0 radical (unpaired) electrons. The first-order chi connectivity index (χ1) is 7.93. The van der Waals surface area contributed by atoms with E-state index in [9.17, 15) is 14.9 Å². The molecule has 0 bridgehead atoms. The molecule has 0 aliphatic heterocycles. The fourth-order valence-corrected chi connectivity index (χ4v) is 1.44. The van der Waals surface area contributed by atoms with Crippen LogP contribution in [-0.4, -0.2) is 22.0 Å². The van der Waals surface area contributed by atoms with Gasteiger partial charge in [-0.1, -0.05) is 26.0 Å². The summed E-state index contributed by atoms with van der Waals surface area (Å²) in [6, 6.07) is 5.14. The van der Waals surface area contributed by atoms with E-state index in [4.69, 9.17) is 5.11 Å². The van der Waals surface area contributed by atoms with E-state index in [0.29, 0.717) is 0 Å². The van der Waals surface area contributed by atoms with Gasteiger partial charge in [-0.3, -0.25) is 10.1 Å². The Balaban J connectivity index is 3.01. The molecule has 2 N–H and O–H groups in total. The summed E-state index contributed by atoms with van der Waals surface area (Å²) in [5.74, 6) is -1.20. The third-order valence-corrected chi connectivity index (χ3v) is 2.34. The summed E-state index contributed by atoms with van der Waals surface area (Å²) < 4.78 is 0. The maximum Gasteiger partial charge on any atom is 0.326 e. The molecule has 6 heteroatoms. The molecule has 0 saturated heterocycles. The lowest BCUT2D eigenvalue weighted by Crippen LogP contribution is -2.34. The summed E-state index contributed by atoms with van der Waals surface area (Å²) in [5, 5.41) is 22.4. The summed E-state index contributed by atoms with van der Waals surface area (Å²) in [5.41, 5.74) is 0.0954. The van der Waals surface area contributed by atoms with Gasteiger partial charge in [-0.2, -0.15) is 0 Å². The molecule has 1 atom stereocenters. The fraction of sp³-hybridized carbons (Fsp3) is 0.364. The molecule has 0 fully saturated rings. The van der Waals surface area contributed by atoms with Crippen molar-refractivity contribution in [2.24, 2.45) is 5.92 Å². The van der Waals surface area contributed by atoms with Crippen LogP contribution in [0, 0.1) is 16.0 Å². The van der Waals surface area contributed by atoms with Crippen molar-refractivity contribution in [2.45, 2.75) is 19.9 Å². The van der Waals surface area contributed by atoms with Crippen LogP contribution in [0.2, 0.25) is 0 Å². The number of anilines is 1. The van der Waals surface area contributed by atoms with E-state index in [0.717, 1.165) is 0 Å². The minimum Gasteiger partial charge on any atom is -0.480 e. The lowest BCUT2D eigenvalue weighted by atomic mass is 10.0. The van der Waals surface area contributed by atoms with Crippen molar-refractivity contribution in [1.29, 1.82) is 0 Å². The summed E-state index contributed by atoms with van der Waals surface area (Å²) in [7, 11) is 0. The van der Waals surface area contributed by atoms with Crippen LogP contribution in [0.25, 0.3) is 0 Å². The van der Waals surface area contributed by atoms with Crippen molar-refractivity contribution >= 4 is 17.3 Å². The van der Waals surface area contributed by atoms with Crippen LogP contribution in [0.3, 0.4) is 0 Å². The van der Waals surface area contributed by atoms with Gasteiger partial charge in [0, 0.05) is 6.07 Å². The lowest BCUT2D eigenvalue weighted by Gasteiger charge is -2.18. The molecule has 0 aromatic heterocycles. The van der Waals surface area contributed by atoms with Crippen LogP contribution in [-0.2, 0) is 4.79 Å². The Labute approximate surface area is 98.4 Å². The van der Waals surface area contributed by atoms with E-state index in [-0.39, 0.29) is 17.3 Å². The first-order valence-corrected chi connectivity index (χ1v) is 5.16. The van der Waals surface area contributed by atoms with Gasteiger partial charge in [0.1, 0.15) is 11.7 Å². The molecule has 0 heterocycles. The average Bonchev–Trinajstić information content (AvgIpc) is 2.25. The number of rotatable bonds is 5. The van der Waals surface area contributed by atoms with E-state index >= 15 is 0 Å². The zero-order chi connectivity index (χ0) is 13.0. The van der Waals surface area contributed by atoms with Crippen LogP contribution in [0.1, 0.15) is 13.8 Å². The molecule has 17 heavy (non-hydrogen) atoms. The highest BCUT2D eigenvalue weighted by atomic mass is 16.6. The van der Waals surface area contributed by atoms with Crippen molar-refractivity contribution in [3.8, 4) is 0 Å². The number of nitrogens with one attached hydrogen (secondary N) is 1. The Hall–Kier alpha value is -2.11. The van der Waals surface area contributed by atoms with Gasteiger partial charge >= 0.3 is 5.97 Å². The van der Waals surface area contributed by atoms with E-state index in [1.807, 2.05) is 0 Å². The number of hydrogen-bond acceptors (Lipinski definition) is 4. The average molecular weight is 238 g/mol. The molecule has 0 saturated carbocycles. The van der Waals surface area contributed by atoms with Crippen LogP contribution in [0.4, 0.5) is 11.4 Å². The minimum absolute atomic E-state index is 0.126. The molecule has 6 nitrogen and oxygen atoms in total. The van der Waals surface area contributed by atoms with Gasteiger partial charge in [-0.15, -0.1) is 0 Å². The first-order valence-electron chi connectivity index (χ1n) is 5.16. The van der Waals surface area contributed by atoms with Crippen molar-refractivity contribution in [2.75, 3.05) is 5.32 Å². The second-order valence-electron chi connectivity index (χ2n) is 3.98. The molecule has 0 spiro atoms. The van der Waals surface area contributed by atoms with Gasteiger partial charge < -0.3 is 10.4 Å². The molecule has 1 aromatic carbocycles. The summed E-state index contributed by atoms with van der Waals surface area (Å²) in [6.07, 6.45) is 0. The first kappa shape index (κ1) is 13.0.